The van der Waals surface area contributed by atoms with E-state index in [2.05, 4.69) is 27.0 Å². The number of ether oxygens (including phenoxy) is 1. The van der Waals surface area contributed by atoms with Gasteiger partial charge >= 0.3 is 0 Å². The van der Waals surface area contributed by atoms with Gasteiger partial charge in [0.25, 0.3) is 0 Å². The molecule has 3 heteroatoms. The van der Waals surface area contributed by atoms with Gasteiger partial charge in [0.2, 0.25) is 0 Å². The van der Waals surface area contributed by atoms with Gasteiger partial charge in [0.15, 0.2) is 0 Å². The average molecular weight is 246 g/mol. The van der Waals surface area contributed by atoms with Gasteiger partial charge in [0, 0.05) is 10.5 Å². The molecule has 0 heterocycles. The van der Waals surface area contributed by atoms with Crippen molar-refractivity contribution in [2.75, 3.05) is 24.7 Å². The first-order valence-electron chi connectivity index (χ1n) is 5.34. The van der Waals surface area contributed by atoms with Crippen molar-refractivity contribution in [3.05, 3.63) is 25.3 Å². The molecule has 0 N–H and O–H groups in total. The molecule has 0 aromatic carbocycles. The molecule has 15 heavy (non-hydrogen) atoms. The summed E-state index contributed by atoms with van der Waals surface area (Å²) in [6.07, 6.45) is 3.92. The van der Waals surface area contributed by atoms with Crippen molar-refractivity contribution in [3.8, 4) is 0 Å². The molecule has 0 amide bonds. The fraction of sp³-hybridized carbons (Fsp3) is 0.667. The molecule has 0 saturated heterocycles. The van der Waals surface area contributed by atoms with Crippen LogP contribution in [0, 0.1) is 0 Å². The van der Waals surface area contributed by atoms with E-state index in [0.717, 1.165) is 24.7 Å². The van der Waals surface area contributed by atoms with Gasteiger partial charge in [-0.1, -0.05) is 26.0 Å². The molecule has 1 nitrogen and oxygen atoms in total. The molecule has 2 unspecified atom stereocenters. The van der Waals surface area contributed by atoms with Crippen molar-refractivity contribution in [1.29, 1.82) is 0 Å². The first kappa shape index (κ1) is 15.1. The van der Waals surface area contributed by atoms with Gasteiger partial charge in [-0.2, -0.15) is 23.5 Å². The van der Waals surface area contributed by atoms with Crippen LogP contribution in [0.5, 0.6) is 0 Å². The predicted molar refractivity (Wildman–Crippen MR) is 75.1 cm³/mol. The first-order chi connectivity index (χ1) is 7.28. The molecule has 0 bridgehead atoms. The van der Waals surface area contributed by atoms with E-state index in [1.165, 1.54) is 0 Å². The summed E-state index contributed by atoms with van der Waals surface area (Å²) in [7, 11) is 0. The Hall–Kier alpha value is 0.140. The summed E-state index contributed by atoms with van der Waals surface area (Å²) < 4.78 is 5.66. The van der Waals surface area contributed by atoms with Crippen molar-refractivity contribution >= 4 is 23.5 Å². The monoisotopic (exact) mass is 246 g/mol. The Labute approximate surface area is 103 Å². The maximum Gasteiger partial charge on any atom is 0.0620 e. The minimum atomic E-state index is 0.423. The van der Waals surface area contributed by atoms with Crippen LogP contribution in [-0.4, -0.2) is 35.2 Å². The predicted octanol–water partition coefficient (Wildman–Crippen LogP) is 3.62. The van der Waals surface area contributed by atoms with Gasteiger partial charge < -0.3 is 4.74 Å². The summed E-state index contributed by atoms with van der Waals surface area (Å²) in [6.45, 7) is 13.4. The highest BCUT2D eigenvalue weighted by atomic mass is 32.2. The summed E-state index contributed by atoms with van der Waals surface area (Å²) in [5, 5.41) is 0.846. The summed E-state index contributed by atoms with van der Waals surface area (Å²) in [5.74, 6) is 2.21. The van der Waals surface area contributed by atoms with Crippen LogP contribution in [-0.2, 0) is 4.74 Å². The smallest absolute Gasteiger partial charge is 0.0620 e. The van der Waals surface area contributed by atoms with E-state index in [1.54, 1.807) is 0 Å². The third kappa shape index (κ3) is 8.00. The zero-order chi connectivity index (χ0) is 11.5. The number of rotatable bonds is 10. The second-order valence-corrected chi connectivity index (χ2v) is 6.03. The van der Waals surface area contributed by atoms with Gasteiger partial charge in [-0.15, -0.1) is 13.2 Å². The molecule has 2 atom stereocenters. The lowest BCUT2D eigenvalue weighted by Gasteiger charge is -2.15. The molecule has 0 aromatic rings. The van der Waals surface area contributed by atoms with Crippen LogP contribution < -0.4 is 0 Å². The Kier molecular flexibility index (Phi) is 10.8. The van der Waals surface area contributed by atoms with E-state index in [9.17, 15) is 0 Å². The second-order valence-electron chi connectivity index (χ2n) is 3.00. The van der Waals surface area contributed by atoms with Crippen LogP contribution in [0.4, 0.5) is 0 Å². The van der Waals surface area contributed by atoms with Crippen LogP contribution in [0.2, 0.25) is 0 Å². The van der Waals surface area contributed by atoms with Gasteiger partial charge in [-0.25, -0.2) is 0 Å². The Morgan fingerprint density at radius 3 is 1.67 bits per heavy atom. The molecule has 0 aliphatic heterocycles. The summed E-state index contributed by atoms with van der Waals surface area (Å²) in [6, 6.07) is 0. The van der Waals surface area contributed by atoms with Crippen molar-refractivity contribution in [3.63, 3.8) is 0 Å². The molecular formula is C12H22OS2. The van der Waals surface area contributed by atoms with Crippen LogP contribution >= 0.6 is 23.5 Å². The van der Waals surface area contributed by atoms with Crippen LogP contribution in [0.1, 0.15) is 13.8 Å². The summed E-state index contributed by atoms with van der Waals surface area (Å²) in [5.41, 5.74) is 0. The summed E-state index contributed by atoms with van der Waals surface area (Å²) in [4.78, 5) is 0. The third-order valence-corrected chi connectivity index (χ3v) is 4.03. The zero-order valence-corrected chi connectivity index (χ0v) is 11.4. The fourth-order valence-electron chi connectivity index (χ4n) is 1.10. The quantitative estimate of drug-likeness (QED) is 0.545. The highest BCUT2D eigenvalue weighted by Crippen LogP contribution is 2.14. The van der Waals surface area contributed by atoms with E-state index >= 15 is 0 Å². The minimum Gasteiger partial charge on any atom is -0.378 e. The number of hydrogen-bond donors (Lipinski definition) is 0. The van der Waals surface area contributed by atoms with E-state index in [1.807, 2.05) is 35.7 Å². The largest absolute Gasteiger partial charge is 0.378 e. The molecule has 0 spiro atoms. The third-order valence-electron chi connectivity index (χ3n) is 1.85. The van der Waals surface area contributed by atoms with E-state index in [-0.39, 0.29) is 0 Å². The second kappa shape index (κ2) is 10.7. The highest BCUT2D eigenvalue weighted by Gasteiger charge is 2.07. The standard InChI is InChI=1S/C12H22OS2/c1-5-11(14-7-3)9-13-10-12(6-2)15-8-4/h5-6,11-12H,1-2,7-10H2,3-4H3. The lowest BCUT2D eigenvalue weighted by atomic mass is 10.4. The maximum atomic E-state index is 5.66. The van der Waals surface area contributed by atoms with Crippen molar-refractivity contribution in [2.24, 2.45) is 0 Å². The molecule has 0 radical (unpaired) electrons. The first-order valence-corrected chi connectivity index (χ1v) is 7.44. The van der Waals surface area contributed by atoms with E-state index in [0.29, 0.717) is 10.5 Å². The number of thioether (sulfide) groups is 2. The van der Waals surface area contributed by atoms with Gasteiger partial charge in [0.1, 0.15) is 0 Å². The Morgan fingerprint density at radius 1 is 1.00 bits per heavy atom. The highest BCUT2D eigenvalue weighted by molar-refractivity contribution is 8.00. The average Bonchev–Trinajstić information content (AvgIpc) is 2.26. The van der Waals surface area contributed by atoms with E-state index in [4.69, 9.17) is 4.74 Å². The normalized spacial score (nSPS) is 14.5. The fourth-order valence-corrected chi connectivity index (χ4v) is 2.61. The Bertz CT molecular complexity index is 153. The molecule has 0 aliphatic rings. The Balaban J connectivity index is 3.64. The van der Waals surface area contributed by atoms with Crippen molar-refractivity contribution < 1.29 is 4.74 Å². The van der Waals surface area contributed by atoms with Crippen LogP contribution in [0.3, 0.4) is 0 Å². The molecule has 0 rings (SSSR count). The SMILES string of the molecule is C=CC(COCC(C=C)SCC)SCC. The number of hydrogen-bond acceptors (Lipinski definition) is 3. The van der Waals surface area contributed by atoms with Crippen LogP contribution in [0.15, 0.2) is 25.3 Å². The molecule has 0 fully saturated rings. The molecular weight excluding hydrogens is 224 g/mol. The van der Waals surface area contributed by atoms with Crippen molar-refractivity contribution in [2.45, 2.75) is 24.3 Å². The van der Waals surface area contributed by atoms with Crippen LogP contribution in [0.25, 0.3) is 0 Å². The van der Waals surface area contributed by atoms with Gasteiger partial charge in [-0.3, -0.25) is 0 Å². The van der Waals surface area contributed by atoms with Gasteiger partial charge in [0.05, 0.1) is 13.2 Å². The topological polar surface area (TPSA) is 9.23 Å². The summed E-state index contributed by atoms with van der Waals surface area (Å²) >= 11 is 3.75. The lowest BCUT2D eigenvalue weighted by Crippen LogP contribution is -2.15. The molecule has 0 aliphatic carbocycles. The maximum absolute atomic E-state index is 5.66. The minimum absolute atomic E-state index is 0.423. The van der Waals surface area contributed by atoms with E-state index < -0.39 is 0 Å². The molecule has 88 valence electrons. The van der Waals surface area contributed by atoms with Crippen molar-refractivity contribution in [1.82, 2.24) is 0 Å². The van der Waals surface area contributed by atoms with Gasteiger partial charge in [-0.05, 0) is 11.5 Å². The Morgan fingerprint density at radius 2 is 1.40 bits per heavy atom. The molecule has 0 aromatic heterocycles. The molecule has 0 saturated carbocycles. The zero-order valence-electron chi connectivity index (χ0n) is 9.78. The lowest BCUT2D eigenvalue weighted by molar-refractivity contribution is 0.149.